The molecule has 3 heterocycles. The molecule has 0 spiro atoms. The smallest absolute Gasteiger partial charge is 0.323 e. The number of piperidine rings is 1. The number of Topliss-reactive ketones (excluding diaryl/α,β-unsaturated/α-hetero) is 1. The molecule has 2 aromatic rings. The van der Waals surface area contributed by atoms with Crippen molar-refractivity contribution in [3.63, 3.8) is 0 Å². The first-order chi connectivity index (χ1) is 20.6. The summed E-state index contributed by atoms with van der Waals surface area (Å²) in [5.74, 6) is -2.01. The molecule has 1 aromatic heterocycles. The molecular formula is C31H43N5O7. The molecule has 4 N–H and O–H groups in total. The van der Waals surface area contributed by atoms with Gasteiger partial charge in [0.15, 0.2) is 12.4 Å². The van der Waals surface area contributed by atoms with Crippen LogP contribution >= 0.6 is 0 Å². The van der Waals surface area contributed by atoms with Gasteiger partial charge in [0.05, 0.1) is 13.2 Å². The lowest BCUT2D eigenvalue weighted by Gasteiger charge is -2.30. The van der Waals surface area contributed by atoms with Crippen molar-refractivity contribution in [2.75, 3.05) is 33.9 Å². The van der Waals surface area contributed by atoms with E-state index < -0.39 is 54.2 Å². The average molecular weight is 598 g/mol. The van der Waals surface area contributed by atoms with Crippen LogP contribution in [-0.2, 0) is 23.9 Å². The molecule has 1 aromatic carbocycles. The summed E-state index contributed by atoms with van der Waals surface area (Å²) in [5, 5.41) is 9.06. The molecule has 4 atom stereocenters. The highest BCUT2D eigenvalue weighted by Crippen LogP contribution is 2.26. The van der Waals surface area contributed by atoms with E-state index in [4.69, 9.17) is 9.47 Å². The largest absolute Gasteiger partial charge is 0.496 e. The van der Waals surface area contributed by atoms with Gasteiger partial charge < -0.3 is 30.4 Å². The van der Waals surface area contributed by atoms with E-state index in [-0.39, 0.29) is 23.9 Å². The second kappa shape index (κ2) is 14.5. The zero-order valence-electron chi connectivity index (χ0n) is 25.4. The summed E-state index contributed by atoms with van der Waals surface area (Å²) in [4.78, 5) is 70.2. The molecule has 2 saturated heterocycles. The monoisotopic (exact) mass is 597 g/mol. The Kier molecular flexibility index (Phi) is 10.8. The van der Waals surface area contributed by atoms with Crippen LogP contribution < -0.4 is 20.7 Å². The van der Waals surface area contributed by atoms with Crippen LogP contribution in [0.15, 0.2) is 24.3 Å². The van der Waals surface area contributed by atoms with Crippen LogP contribution in [-0.4, -0.2) is 91.3 Å². The normalized spacial score (nSPS) is 20.3. The molecule has 43 heavy (non-hydrogen) atoms. The molecule has 2 fully saturated rings. The van der Waals surface area contributed by atoms with Gasteiger partial charge in [-0.3, -0.25) is 28.9 Å². The summed E-state index contributed by atoms with van der Waals surface area (Å²) in [6.07, 6.45) is 3.48. The standard InChI is InChI=1S/C31H43N5O7/c1-18(2)14-23(35-30(40)24-16-20-21(33-24)8-7-10-27(20)42-4)29(39)34-22(15-19-11-12-32-28(19)38)26(37)17-43-31(41)25-9-5-6-13-36(25)3/h7-8,10,16,18-19,22-23,25,33H,5-6,9,11-15,17H2,1-4H3,(H,32,38)(H,34,39)(H,35,40)/t19-,22-,23-,25+/m0/s1. The first-order valence-electron chi connectivity index (χ1n) is 15.0. The number of hydrogen-bond acceptors (Lipinski definition) is 8. The van der Waals surface area contributed by atoms with Gasteiger partial charge in [0, 0.05) is 23.4 Å². The number of methoxy groups -OCH3 is 1. The maximum Gasteiger partial charge on any atom is 0.323 e. The first kappa shape index (κ1) is 32.0. The third-order valence-electron chi connectivity index (χ3n) is 8.20. The Morgan fingerprint density at radius 3 is 2.56 bits per heavy atom. The predicted octanol–water partition coefficient (Wildman–Crippen LogP) is 1.93. The zero-order valence-corrected chi connectivity index (χ0v) is 25.4. The summed E-state index contributed by atoms with van der Waals surface area (Å²) >= 11 is 0. The van der Waals surface area contributed by atoms with E-state index in [1.54, 1.807) is 25.3 Å². The Hall–Kier alpha value is -3.93. The minimum Gasteiger partial charge on any atom is -0.496 e. The summed E-state index contributed by atoms with van der Waals surface area (Å²) in [6.45, 7) is 4.60. The lowest BCUT2D eigenvalue weighted by molar-refractivity contribution is -0.154. The van der Waals surface area contributed by atoms with E-state index in [9.17, 15) is 24.0 Å². The Labute approximate surface area is 251 Å². The number of likely N-dealkylation sites (N-methyl/N-ethyl adjacent to an activating group) is 1. The molecule has 0 aliphatic carbocycles. The predicted molar refractivity (Wildman–Crippen MR) is 159 cm³/mol. The highest BCUT2D eigenvalue weighted by atomic mass is 16.5. The summed E-state index contributed by atoms with van der Waals surface area (Å²) in [7, 11) is 3.40. The minimum absolute atomic E-state index is 0.0436. The second-order valence-corrected chi connectivity index (χ2v) is 11.9. The number of H-pyrrole nitrogens is 1. The molecule has 4 rings (SSSR count). The number of carbonyl (C=O) groups is 5. The highest BCUT2D eigenvalue weighted by molar-refractivity contribution is 6.02. The molecular weight excluding hydrogens is 554 g/mol. The lowest BCUT2D eigenvalue weighted by Crippen LogP contribution is -2.53. The van der Waals surface area contributed by atoms with Crippen molar-refractivity contribution in [3.05, 3.63) is 30.0 Å². The van der Waals surface area contributed by atoms with Gasteiger partial charge >= 0.3 is 5.97 Å². The molecule has 0 saturated carbocycles. The fourth-order valence-corrected chi connectivity index (χ4v) is 5.78. The molecule has 0 unspecified atom stereocenters. The number of nitrogens with zero attached hydrogens (tertiary/aromatic N) is 1. The number of esters is 1. The van der Waals surface area contributed by atoms with Crippen molar-refractivity contribution in [2.24, 2.45) is 11.8 Å². The average Bonchev–Trinajstić information content (AvgIpc) is 3.60. The number of fused-ring (bicyclic) bond motifs is 1. The van der Waals surface area contributed by atoms with Gasteiger partial charge in [-0.25, -0.2) is 0 Å². The van der Waals surface area contributed by atoms with Gasteiger partial charge in [0.25, 0.3) is 5.91 Å². The van der Waals surface area contributed by atoms with E-state index in [2.05, 4.69) is 20.9 Å². The van der Waals surface area contributed by atoms with E-state index in [1.165, 1.54) is 0 Å². The number of carbonyl (C=O) groups excluding carboxylic acids is 5. The number of likely N-dealkylation sites (tertiary alicyclic amines) is 1. The van der Waals surface area contributed by atoms with Gasteiger partial charge in [-0.2, -0.15) is 0 Å². The number of aromatic amines is 1. The molecule has 2 aliphatic heterocycles. The number of amides is 3. The molecule has 3 amide bonds. The van der Waals surface area contributed by atoms with E-state index in [1.807, 2.05) is 31.9 Å². The zero-order chi connectivity index (χ0) is 31.1. The Balaban J connectivity index is 1.46. The topological polar surface area (TPSA) is 159 Å². The van der Waals surface area contributed by atoms with Gasteiger partial charge in [0.2, 0.25) is 11.8 Å². The van der Waals surface area contributed by atoms with Crippen molar-refractivity contribution in [1.29, 1.82) is 0 Å². The number of nitrogens with one attached hydrogen (secondary N) is 4. The SMILES string of the molecule is COc1cccc2[nH]c(C(=O)N[C@@H](CC(C)C)C(=O)N[C@@H](C[C@@H]3CCNC3=O)C(=O)COC(=O)[C@H]3CCCCN3C)cc12. The second-order valence-electron chi connectivity index (χ2n) is 11.9. The van der Waals surface area contributed by atoms with Crippen LogP contribution in [0, 0.1) is 11.8 Å². The number of aromatic nitrogens is 1. The fourth-order valence-electron chi connectivity index (χ4n) is 5.78. The van der Waals surface area contributed by atoms with Crippen LogP contribution in [0.25, 0.3) is 10.9 Å². The number of rotatable bonds is 13. The van der Waals surface area contributed by atoms with Crippen LogP contribution in [0.4, 0.5) is 0 Å². The molecule has 0 bridgehead atoms. The van der Waals surface area contributed by atoms with Crippen LogP contribution in [0.5, 0.6) is 5.75 Å². The quantitative estimate of drug-likeness (QED) is 0.255. The summed E-state index contributed by atoms with van der Waals surface area (Å²) in [6, 6.07) is 4.65. The van der Waals surface area contributed by atoms with Crippen molar-refractivity contribution < 1.29 is 33.4 Å². The summed E-state index contributed by atoms with van der Waals surface area (Å²) < 4.78 is 10.8. The van der Waals surface area contributed by atoms with Gasteiger partial charge in [0.1, 0.15) is 23.5 Å². The van der Waals surface area contributed by atoms with Crippen LogP contribution in [0.2, 0.25) is 0 Å². The van der Waals surface area contributed by atoms with Crippen molar-refractivity contribution in [2.45, 2.75) is 70.5 Å². The maximum atomic E-state index is 13.6. The number of ether oxygens (including phenoxy) is 2. The van der Waals surface area contributed by atoms with Gasteiger partial charge in [-0.1, -0.05) is 26.3 Å². The number of benzene rings is 1. The van der Waals surface area contributed by atoms with Gasteiger partial charge in [-0.15, -0.1) is 0 Å². The molecule has 2 aliphatic rings. The summed E-state index contributed by atoms with van der Waals surface area (Å²) in [5.41, 5.74) is 0.972. The van der Waals surface area contributed by atoms with Crippen molar-refractivity contribution >= 4 is 40.4 Å². The van der Waals surface area contributed by atoms with Crippen molar-refractivity contribution in [1.82, 2.24) is 25.8 Å². The molecule has 12 nitrogen and oxygen atoms in total. The maximum absolute atomic E-state index is 13.6. The van der Waals surface area contributed by atoms with Crippen LogP contribution in [0.1, 0.15) is 62.9 Å². The Bertz CT molecular complexity index is 1340. The van der Waals surface area contributed by atoms with E-state index in [0.29, 0.717) is 37.1 Å². The fraction of sp³-hybridized carbons (Fsp3) is 0.581. The minimum atomic E-state index is -1.07. The Morgan fingerprint density at radius 2 is 1.88 bits per heavy atom. The molecule has 234 valence electrons. The number of hydrogen-bond donors (Lipinski definition) is 4. The molecule has 0 radical (unpaired) electrons. The van der Waals surface area contributed by atoms with Crippen molar-refractivity contribution in [3.8, 4) is 5.75 Å². The third-order valence-corrected chi connectivity index (χ3v) is 8.20. The molecule has 12 heteroatoms. The lowest BCUT2D eigenvalue weighted by atomic mass is 9.95. The van der Waals surface area contributed by atoms with Crippen LogP contribution in [0.3, 0.4) is 0 Å². The van der Waals surface area contributed by atoms with E-state index >= 15 is 0 Å². The first-order valence-corrected chi connectivity index (χ1v) is 15.0. The van der Waals surface area contributed by atoms with E-state index in [0.717, 1.165) is 24.8 Å². The highest BCUT2D eigenvalue weighted by Gasteiger charge is 2.35. The van der Waals surface area contributed by atoms with Gasteiger partial charge in [-0.05, 0) is 69.8 Å². The number of ketones is 1. The Morgan fingerprint density at radius 1 is 1.09 bits per heavy atom. The third kappa shape index (κ3) is 8.13.